The number of H-pyrrole nitrogens is 1. The van der Waals surface area contributed by atoms with Crippen molar-refractivity contribution in [3.63, 3.8) is 0 Å². The fourth-order valence-corrected chi connectivity index (χ4v) is 5.45. The van der Waals surface area contributed by atoms with Crippen molar-refractivity contribution in [1.29, 1.82) is 0 Å². The third-order valence-electron chi connectivity index (χ3n) is 7.59. The Hall–Kier alpha value is -4.11. The molecule has 0 aliphatic carbocycles. The molecule has 0 spiro atoms. The first-order chi connectivity index (χ1) is 18.8. The van der Waals surface area contributed by atoms with Gasteiger partial charge in [0.15, 0.2) is 0 Å². The molecule has 3 heterocycles. The molecule has 2 aliphatic rings. The first-order valence-corrected chi connectivity index (χ1v) is 12.9. The van der Waals surface area contributed by atoms with Crippen molar-refractivity contribution in [2.45, 2.75) is 24.7 Å². The maximum Gasteiger partial charge on any atom is 0.416 e. The number of alkyl halides is 3. The summed E-state index contributed by atoms with van der Waals surface area (Å²) in [5.41, 5.74) is 2.77. The maximum absolute atomic E-state index is 13.1. The van der Waals surface area contributed by atoms with Crippen LogP contribution >= 0.6 is 0 Å². The molecule has 0 unspecified atom stereocenters. The van der Waals surface area contributed by atoms with Gasteiger partial charge in [0.1, 0.15) is 0 Å². The van der Waals surface area contributed by atoms with Crippen LogP contribution in [0.4, 0.5) is 13.2 Å². The van der Waals surface area contributed by atoms with E-state index in [2.05, 4.69) is 10.3 Å². The minimum Gasteiger partial charge on any atom is -0.361 e. The zero-order valence-corrected chi connectivity index (χ0v) is 21.0. The number of likely N-dealkylation sites (tertiary alicyclic amines) is 2. The van der Waals surface area contributed by atoms with Crippen LogP contribution in [-0.2, 0) is 6.18 Å². The number of hydrogen-bond acceptors (Lipinski definition) is 3. The fraction of sp³-hybridized carbons (Fsp3) is 0.267. The lowest BCUT2D eigenvalue weighted by atomic mass is 10.0. The number of benzene rings is 3. The van der Waals surface area contributed by atoms with Gasteiger partial charge >= 0.3 is 6.18 Å². The molecule has 6 nitrogen and oxygen atoms in total. The second-order valence-electron chi connectivity index (χ2n) is 10.2. The Morgan fingerprint density at radius 3 is 2.23 bits per heavy atom. The van der Waals surface area contributed by atoms with Gasteiger partial charge in [0.05, 0.1) is 5.56 Å². The highest BCUT2D eigenvalue weighted by Gasteiger charge is 2.35. The van der Waals surface area contributed by atoms with Crippen LogP contribution in [-0.4, -0.2) is 64.9 Å². The van der Waals surface area contributed by atoms with Crippen molar-refractivity contribution >= 4 is 22.7 Å². The van der Waals surface area contributed by atoms with Gasteiger partial charge in [0.25, 0.3) is 11.8 Å². The van der Waals surface area contributed by atoms with Crippen molar-refractivity contribution < 1.29 is 22.8 Å². The summed E-state index contributed by atoms with van der Waals surface area (Å²) in [6.45, 7) is 2.57. The van der Waals surface area contributed by atoms with E-state index in [1.165, 1.54) is 12.1 Å². The molecule has 9 heteroatoms. The lowest BCUT2D eigenvalue weighted by Crippen LogP contribution is -2.62. The summed E-state index contributed by atoms with van der Waals surface area (Å²) in [5, 5.41) is 4.43. The smallest absolute Gasteiger partial charge is 0.361 e. The molecule has 2 N–H and O–H groups in total. The second-order valence-corrected chi connectivity index (χ2v) is 10.2. The Labute approximate surface area is 223 Å². The molecule has 0 radical (unpaired) electrons. The van der Waals surface area contributed by atoms with Gasteiger partial charge in [-0.2, -0.15) is 13.2 Å². The molecule has 2 saturated heterocycles. The third-order valence-corrected chi connectivity index (χ3v) is 7.59. The first-order valence-electron chi connectivity index (χ1n) is 12.9. The number of halogens is 3. The third kappa shape index (κ3) is 5.02. The Kier molecular flexibility index (Phi) is 6.38. The number of hydrogen-bond donors (Lipinski definition) is 2. The quantitative estimate of drug-likeness (QED) is 0.372. The number of carbonyl (C=O) groups is 2. The summed E-state index contributed by atoms with van der Waals surface area (Å²) in [4.78, 5) is 32.6. The van der Waals surface area contributed by atoms with E-state index in [0.29, 0.717) is 42.9 Å². The molecule has 6 rings (SSSR count). The number of amides is 2. The Balaban J connectivity index is 1.04. The molecule has 200 valence electrons. The molecule has 2 fully saturated rings. The van der Waals surface area contributed by atoms with Gasteiger partial charge in [-0.15, -0.1) is 0 Å². The average Bonchev–Trinajstić information content (AvgIpc) is 3.57. The fourth-order valence-electron chi connectivity index (χ4n) is 5.45. The molecule has 2 aliphatic heterocycles. The first kappa shape index (κ1) is 25.2. The monoisotopic (exact) mass is 532 g/mol. The van der Waals surface area contributed by atoms with Crippen molar-refractivity contribution in [3.8, 4) is 11.1 Å². The number of nitrogens with one attached hydrogen (secondary N) is 2. The van der Waals surface area contributed by atoms with Crippen LogP contribution < -0.4 is 5.32 Å². The number of nitrogens with zero attached hydrogens (tertiary/aromatic N) is 2. The van der Waals surface area contributed by atoms with Gasteiger partial charge in [-0.3, -0.25) is 9.59 Å². The van der Waals surface area contributed by atoms with Gasteiger partial charge in [-0.25, -0.2) is 0 Å². The number of aromatic amines is 1. The summed E-state index contributed by atoms with van der Waals surface area (Å²) >= 11 is 0. The van der Waals surface area contributed by atoms with Crippen LogP contribution in [0.15, 0.2) is 79.0 Å². The molecular formula is C30H27F3N4O2. The maximum atomic E-state index is 13.1. The van der Waals surface area contributed by atoms with E-state index in [1.807, 2.05) is 41.3 Å². The largest absolute Gasteiger partial charge is 0.416 e. The summed E-state index contributed by atoms with van der Waals surface area (Å²) in [7, 11) is 0. The summed E-state index contributed by atoms with van der Waals surface area (Å²) in [6, 6.07) is 20.1. The zero-order chi connectivity index (χ0) is 27.1. The molecule has 0 bridgehead atoms. The lowest BCUT2D eigenvalue weighted by molar-refractivity contribution is -0.137. The van der Waals surface area contributed by atoms with Crippen molar-refractivity contribution in [2.75, 3.05) is 26.2 Å². The van der Waals surface area contributed by atoms with Crippen LogP contribution in [0.1, 0.15) is 32.7 Å². The van der Waals surface area contributed by atoms with E-state index in [1.54, 1.807) is 23.2 Å². The van der Waals surface area contributed by atoms with Gasteiger partial charge in [0.2, 0.25) is 0 Å². The van der Waals surface area contributed by atoms with Crippen LogP contribution in [0.2, 0.25) is 0 Å². The van der Waals surface area contributed by atoms with Gasteiger partial charge in [-0.1, -0.05) is 36.4 Å². The highest BCUT2D eigenvalue weighted by molar-refractivity contribution is 6.02. The Morgan fingerprint density at radius 1 is 0.821 bits per heavy atom. The molecule has 1 aromatic heterocycles. The van der Waals surface area contributed by atoms with Gasteiger partial charge < -0.3 is 20.1 Å². The van der Waals surface area contributed by atoms with Crippen LogP contribution in [0.25, 0.3) is 22.0 Å². The predicted octanol–water partition coefficient (Wildman–Crippen LogP) is 5.18. The molecule has 39 heavy (non-hydrogen) atoms. The van der Waals surface area contributed by atoms with E-state index < -0.39 is 11.7 Å². The van der Waals surface area contributed by atoms with E-state index in [9.17, 15) is 22.8 Å². The molecular weight excluding hydrogens is 505 g/mol. The topological polar surface area (TPSA) is 68.4 Å². The molecule has 4 aromatic rings. The minimum absolute atomic E-state index is 0.0477. The molecule has 3 aromatic carbocycles. The summed E-state index contributed by atoms with van der Waals surface area (Å²) in [5.74, 6) is -0.0144. The second kappa shape index (κ2) is 9.89. The van der Waals surface area contributed by atoms with Crippen LogP contribution in [0.5, 0.6) is 0 Å². The van der Waals surface area contributed by atoms with E-state index >= 15 is 0 Å². The number of aromatic nitrogens is 1. The predicted molar refractivity (Wildman–Crippen MR) is 142 cm³/mol. The van der Waals surface area contributed by atoms with Crippen molar-refractivity contribution in [1.82, 2.24) is 20.1 Å². The summed E-state index contributed by atoms with van der Waals surface area (Å²) in [6.07, 6.45) is -1.75. The standard InChI is InChI=1S/C30H27F3N4O2/c31-30(32,33)22-9-6-19(7-10-22)26-15-34-27-14-21(8-11-25(26)27)29(39)37-17-24(18-37)35-23-12-13-36(16-23)28(38)20-4-2-1-3-5-20/h1-11,14-15,23-24,34-35H,12-13,16-18H2/t23-/m0/s1. The van der Waals surface area contributed by atoms with Crippen LogP contribution in [0.3, 0.4) is 0 Å². The summed E-state index contributed by atoms with van der Waals surface area (Å²) < 4.78 is 38.7. The Bertz CT molecular complexity index is 1510. The zero-order valence-electron chi connectivity index (χ0n) is 21.0. The van der Waals surface area contributed by atoms with Crippen molar-refractivity contribution in [3.05, 3.63) is 95.7 Å². The Morgan fingerprint density at radius 2 is 1.51 bits per heavy atom. The van der Waals surface area contributed by atoms with Gasteiger partial charge in [0, 0.05) is 72.1 Å². The van der Waals surface area contributed by atoms with E-state index in [-0.39, 0.29) is 23.9 Å². The number of carbonyl (C=O) groups excluding carboxylic acids is 2. The number of fused-ring (bicyclic) bond motifs is 1. The average molecular weight is 533 g/mol. The van der Waals surface area contributed by atoms with Gasteiger partial charge in [-0.05, 0) is 48.4 Å². The number of rotatable bonds is 5. The highest BCUT2D eigenvalue weighted by atomic mass is 19.4. The molecule has 2 amide bonds. The van der Waals surface area contributed by atoms with Crippen LogP contribution in [0, 0.1) is 0 Å². The SMILES string of the molecule is O=C(c1ccc2c(-c3ccc(C(F)(F)F)cc3)c[nH]c2c1)N1CC(N[C@H]2CCN(C(=O)c3ccccc3)C2)C1. The van der Waals surface area contributed by atoms with E-state index in [4.69, 9.17) is 0 Å². The molecule has 1 atom stereocenters. The van der Waals surface area contributed by atoms with Crippen molar-refractivity contribution in [2.24, 2.45) is 0 Å². The van der Waals surface area contributed by atoms with E-state index in [0.717, 1.165) is 35.0 Å². The normalized spacial score (nSPS) is 18.0. The highest BCUT2D eigenvalue weighted by Crippen LogP contribution is 2.34. The lowest BCUT2D eigenvalue weighted by Gasteiger charge is -2.41. The molecule has 0 saturated carbocycles. The minimum atomic E-state index is -4.38.